The van der Waals surface area contributed by atoms with Crippen LogP contribution in [0.3, 0.4) is 0 Å². The molecule has 0 aliphatic carbocycles. The molecule has 6 nitrogen and oxygen atoms in total. The molecule has 0 saturated carbocycles. The van der Waals surface area contributed by atoms with E-state index in [2.05, 4.69) is 24.8 Å². The summed E-state index contributed by atoms with van der Waals surface area (Å²) in [5.74, 6) is 0.726. The van der Waals surface area contributed by atoms with Crippen molar-refractivity contribution in [3.05, 3.63) is 24.3 Å². The van der Waals surface area contributed by atoms with E-state index in [1.807, 2.05) is 12.3 Å². The molecular weight excluding hydrogens is 254 g/mol. The van der Waals surface area contributed by atoms with Gasteiger partial charge in [0.2, 0.25) is 0 Å². The molecule has 1 fully saturated rings. The molecule has 0 radical (unpaired) electrons. The van der Waals surface area contributed by atoms with Crippen LogP contribution in [-0.2, 0) is 0 Å². The Morgan fingerprint density at radius 1 is 1.50 bits per heavy atom. The number of aromatic nitrogens is 4. The van der Waals surface area contributed by atoms with Crippen LogP contribution in [0.25, 0.3) is 22.1 Å². The molecular formula is C14H17N5O. The molecule has 104 valence electrons. The maximum atomic E-state index is 10.1. The van der Waals surface area contributed by atoms with Crippen molar-refractivity contribution in [2.45, 2.75) is 25.5 Å². The summed E-state index contributed by atoms with van der Waals surface area (Å²) < 4.78 is 2.19. The summed E-state index contributed by atoms with van der Waals surface area (Å²) in [6, 6.07) is 2.36. The zero-order valence-electron chi connectivity index (χ0n) is 11.3. The molecule has 0 aromatic carbocycles. The van der Waals surface area contributed by atoms with Crippen LogP contribution < -0.4 is 5.32 Å². The average Bonchev–Trinajstić information content (AvgIpc) is 3.15. The molecule has 1 saturated heterocycles. The van der Waals surface area contributed by atoms with Crippen LogP contribution >= 0.6 is 0 Å². The molecule has 0 amide bonds. The van der Waals surface area contributed by atoms with Crippen LogP contribution in [-0.4, -0.2) is 37.7 Å². The van der Waals surface area contributed by atoms with E-state index < -0.39 is 6.10 Å². The van der Waals surface area contributed by atoms with E-state index in [9.17, 15) is 5.11 Å². The standard InChI is InChI=1S/C14H17N5O/c1-8(20)14-18-11-7-17-13-10(3-5-16-13)12(11)19(14)9-2-4-15-6-9/h3,5,7-9,15,20H,2,4,6H2,1H3,(H,16,17)/t8-,9-/m1/s1. The van der Waals surface area contributed by atoms with Gasteiger partial charge in [0.05, 0.1) is 11.7 Å². The first-order chi connectivity index (χ1) is 9.75. The Morgan fingerprint density at radius 3 is 3.15 bits per heavy atom. The smallest absolute Gasteiger partial charge is 0.139 e. The number of rotatable bonds is 2. The van der Waals surface area contributed by atoms with E-state index in [0.717, 1.165) is 47.4 Å². The maximum Gasteiger partial charge on any atom is 0.139 e. The minimum Gasteiger partial charge on any atom is -0.385 e. The van der Waals surface area contributed by atoms with E-state index >= 15 is 0 Å². The topological polar surface area (TPSA) is 78.8 Å². The highest BCUT2D eigenvalue weighted by atomic mass is 16.3. The summed E-state index contributed by atoms with van der Waals surface area (Å²) in [6.07, 6.45) is 4.14. The Morgan fingerprint density at radius 2 is 2.40 bits per heavy atom. The maximum absolute atomic E-state index is 10.1. The number of imidazole rings is 1. The van der Waals surface area contributed by atoms with Gasteiger partial charge in [-0.15, -0.1) is 0 Å². The van der Waals surface area contributed by atoms with E-state index in [-0.39, 0.29) is 0 Å². The third-order valence-electron chi connectivity index (χ3n) is 4.03. The van der Waals surface area contributed by atoms with E-state index in [1.54, 1.807) is 13.1 Å². The van der Waals surface area contributed by atoms with Crippen LogP contribution in [0.4, 0.5) is 0 Å². The molecule has 0 unspecified atom stereocenters. The molecule has 1 aliphatic rings. The molecule has 1 aliphatic heterocycles. The minimum absolute atomic E-state index is 0.338. The van der Waals surface area contributed by atoms with Crippen LogP contribution in [0.15, 0.2) is 18.5 Å². The second kappa shape index (κ2) is 4.29. The molecule has 0 spiro atoms. The number of aromatic amines is 1. The van der Waals surface area contributed by atoms with Crippen LogP contribution in [0.1, 0.15) is 31.3 Å². The van der Waals surface area contributed by atoms with Crippen molar-refractivity contribution < 1.29 is 5.11 Å². The number of aliphatic hydroxyl groups excluding tert-OH is 1. The second-order valence-electron chi connectivity index (χ2n) is 5.39. The predicted octanol–water partition coefficient (Wildman–Crippen LogP) is 1.50. The predicted molar refractivity (Wildman–Crippen MR) is 76.5 cm³/mol. The summed E-state index contributed by atoms with van der Waals surface area (Å²) in [5.41, 5.74) is 2.78. The van der Waals surface area contributed by atoms with Gasteiger partial charge in [0.1, 0.15) is 23.1 Å². The lowest BCUT2D eigenvalue weighted by atomic mass is 10.2. The molecule has 6 heteroatoms. The van der Waals surface area contributed by atoms with Crippen LogP contribution in [0, 0.1) is 0 Å². The minimum atomic E-state index is -0.586. The first-order valence-electron chi connectivity index (χ1n) is 6.98. The van der Waals surface area contributed by atoms with Crippen LogP contribution in [0.2, 0.25) is 0 Å². The van der Waals surface area contributed by atoms with Crippen molar-refractivity contribution in [2.75, 3.05) is 13.1 Å². The fourth-order valence-corrected chi connectivity index (χ4v) is 3.13. The Hall–Kier alpha value is -1.92. The summed E-state index contributed by atoms with van der Waals surface area (Å²) in [7, 11) is 0. The number of nitrogens with zero attached hydrogens (tertiary/aromatic N) is 3. The third kappa shape index (κ3) is 1.58. The van der Waals surface area contributed by atoms with Crippen molar-refractivity contribution in [2.24, 2.45) is 0 Å². The summed E-state index contributed by atoms with van der Waals surface area (Å²) in [5, 5.41) is 14.5. The molecule has 3 aromatic heterocycles. The number of fused-ring (bicyclic) bond motifs is 3. The average molecular weight is 271 g/mol. The van der Waals surface area contributed by atoms with Gasteiger partial charge in [-0.2, -0.15) is 0 Å². The quantitative estimate of drug-likeness (QED) is 0.660. The number of pyridine rings is 1. The lowest BCUT2D eigenvalue weighted by Gasteiger charge is -2.17. The Labute approximate surface area is 115 Å². The fourth-order valence-electron chi connectivity index (χ4n) is 3.13. The number of H-pyrrole nitrogens is 1. The van der Waals surface area contributed by atoms with E-state index in [0.29, 0.717) is 6.04 Å². The zero-order valence-corrected chi connectivity index (χ0v) is 11.3. The molecule has 20 heavy (non-hydrogen) atoms. The monoisotopic (exact) mass is 271 g/mol. The van der Waals surface area contributed by atoms with Crippen molar-refractivity contribution in [3.63, 3.8) is 0 Å². The van der Waals surface area contributed by atoms with Gasteiger partial charge in [0.15, 0.2) is 0 Å². The molecule has 3 aromatic rings. The Bertz CT molecular complexity index is 766. The normalized spacial score (nSPS) is 21.0. The molecule has 3 N–H and O–H groups in total. The number of hydrogen-bond acceptors (Lipinski definition) is 4. The highest BCUT2D eigenvalue weighted by molar-refractivity contribution is 6.01. The SMILES string of the molecule is C[C@@H](O)c1nc2cnc3[nH]ccc3c2n1[C@@H]1CCNC1. The lowest BCUT2D eigenvalue weighted by Crippen LogP contribution is -2.17. The second-order valence-corrected chi connectivity index (χ2v) is 5.39. The molecule has 4 rings (SSSR count). The third-order valence-corrected chi connectivity index (χ3v) is 4.03. The lowest BCUT2D eigenvalue weighted by molar-refractivity contribution is 0.182. The molecule has 2 atom stereocenters. The summed E-state index contributed by atoms with van der Waals surface area (Å²) in [4.78, 5) is 12.1. The number of aliphatic hydroxyl groups is 1. The van der Waals surface area contributed by atoms with Gasteiger partial charge in [-0.25, -0.2) is 9.97 Å². The first kappa shape index (κ1) is 11.9. The van der Waals surface area contributed by atoms with Crippen molar-refractivity contribution >= 4 is 22.1 Å². The van der Waals surface area contributed by atoms with Gasteiger partial charge in [-0.3, -0.25) is 0 Å². The van der Waals surface area contributed by atoms with Gasteiger partial charge in [0, 0.05) is 24.2 Å². The van der Waals surface area contributed by atoms with Crippen molar-refractivity contribution in [1.29, 1.82) is 0 Å². The van der Waals surface area contributed by atoms with Gasteiger partial charge >= 0.3 is 0 Å². The number of hydrogen-bond donors (Lipinski definition) is 3. The summed E-state index contributed by atoms with van der Waals surface area (Å²) in [6.45, 7) is 3.69. The molecule has 0 bridgehead atoms. The largest absolute Gasteiger partial charge is 0.385 e. The van der Waals surface area contributed by atoms with E-state index in [1.165, 1.54) is 0 Å². The van der Waals surface area contributed by atoms with Gasteiger partial charge in [0.25, 0.3) is 0 Å². The fraction of sp³-hybridized carbons (Fsp3) is 0.429. The first-order valence-corrected chi connectivity index (χ1v) is 6.98. The number of nitrogens with one attached hydrogen (secondary N) is 2. The van der Waals surface area contributed by atoms with Crippen molar-refractivity contribution in [1.82, 2.24) is 24.8 Å². The van der Waals surface area contributed by atoms with Gasteiger partial charge in [-0.1, -0.05) is 0 Å². The molecule has 4 heterocycles. The van der Waals surface area contributed by atoms with Gasteiger partial charge in [-0.05, 0) is 26.0 Å². The Kier molecular flexibility index (Phi) is 2.55. The van der Waals surface area contributed by atoms with E-state index in [4.69, 9.17) is 0 Å². The summed E-state index contributed by atoms with van der Waals surface area (Å²) >= 11 is 0. The van der Waals surface area contributed by atoms with Crippen molar-refractivity contribution in [3.8, 4) is 0 Å². The zero-order chi connectivity index (χ0) is 13.7. The highest BCUT2D eigenvalue weighted by Gasteiger charge is 2.25. The van der Waals surface area contributed by atoms with Gasteiger partial charge < -0.3 is 20.0 Å². The van der Waals surface area contributed by atoms with Crippen LogP contribution in [0.5, 0.6) is 0 Å². The highest BCUT2D eigenvalue weighted by Crippen LogP contribution is 2.31. The Balaban J connectivity index is 2.08.